The summed E-state index contributed by atoms with van der Waals surface area (Å²) in [5.74, 6) is 0.215. The quantitative estimate of drug-likeness (QED) is 0.797. The molecule has 88 valence electrons. The molecule has 2 heterocycles. The number of nitrogens with zero attached hydrogens (tertiary/aromatic N) is 3. The predicted octanol–water partition coefficient (Wildman–Crippen LogP) is 0.327. The van der Waals surface area contributed by atoms with Crippen LogP contribution in [-0.4, -0.2) is 20.7 Å². The number of anilines is 1. The number of hydrogen-bond donors (Lipinski definition) is 2. The number of nitrogen functional groups attached to an aromatic ring is 1. The van der Waals surface area contributed by atoms with Gasteiger partial charge < -0.3 is 11.1 Å². The SMILES string of the molecule is Cn1nccc1CNC(=O)c1ccc(N)nc1. The van der Waals surface area contributed by atoms with Crippen molar-refractivity contribution in [3.63, 3.8) is 0 Å². The summed E-state index contributed by atoms with van der Waals surface area (Å²) in [6.45, 7) is 0.430. The highest BCUT2D eigenvalue weighted by Gasteiger charge is 2.06. The van der Waals surface area contributed by atoms with E-state index in [4.69, 9.17) is 5.73 Å². The van der Waals surface area contributed by atoms with E-state index in [1.807, 2.05) is 13.1 Å². The van der Waals surface area contributed by atoms with Gasteiger partial charge >= 0.3 is 0 Å². The first-order valence-corrected chi connectivity index (χ1v) is 5.13. The van der Waals surface area contributed by atoms with E-state index in [2.05, 4.69) is 15.4 Å². The molecule has 0 atom stereocenters. The largest absolute Gasteiger partial charge is 0.384 e. The van der Waals surface area contributed by atoms with E-state index >= 15 is 0 Å². The van der Waals surface area contributed by atoms with Gasteiger partial charge in [0.2, 0.25) is 0 Å². The van der Waals surface area contributed by atoms with Crippen molar-refractivity contribution in [2.75, 3.05) is 5.73 Å². The summed E-state index contributed by atoms with van der Waals surface area (Å²) in [7, 11) is 1.83. The maximum atomic E-state index is 11.7. The zero-order valence-electron chi connectivity index (χ0n) is 9.42. The molecule has 17 heavy (non-hydrogen) atoms. The summed E-state index contributed by atoms with van der Waals surface area (Å²) in [4.78, 5) is 15.6. The Morgan fingerprint density at radius 3 is 2.88 bits per heavy atom. The van der Waals surface area contributed by atoms with Crippen LogP contribution in [0.4, 0.5) is 5.82 Å². The minimum atomic E-state index is -0.182. The molecule has 0 bridgehead atoms. The zero-order chi connectivity index (χ0) is 12.3. The van der Waals surface area contributed by atoms with E-state index in [0.29, 0.717) is 17.9 Å². The normalized spacial score (nSPS) is 10.2. The number of nitrogens with two attached hydrogens (primary N) is 1. The first-order chi connectivity index (χ1) is 8.16. The van der Waals surface area contributed by atoms with Gasteiger partial charge in [-0.2, -0.15) is 5.10 Å². The lowest BCUT2D eigenvalue weighted by Gasteiger charge is -2.05. The molecule has 6 nitrogen and oxygen atoms in total. The van der Waals surface area contributed by atoms with Crippen LogP contribution in [0.5, 0.6) is 0 Å². The van der Waals surface area contributed by atoms with Crippen molar-refractivity contribution < 1.29 is 4.79 Å². The Morgan fingerprint density at radius 1 is 1.47 bits per heavy atom. The van der Waals surface area contributed by atoms with Gasteiger partial charge in [0, 0.05) is 19.4 Å². The molecule has 0 aromatic carbocycles. The van der Waals surface area contributed by atoms with Crippen LogP contribution >= 0.6 is 0 Å². The molecule has 0 fully saturated rings. The highest BCUT2D eigenvalue weighted by Crippen LogP contribution is 2.02. The Bertz CT molecular complexity index is 517. The second-order valence-corrected chi connectivity index (χ2v) is 3.60. The van der Waals surface area contributed by atoms with Crippen LogP contribution in [0.15, 0.2) is 30.6 Å². The van der Waals surface area contributed by atoms with Gasteiger partial charge in [-0.25, -0.2) is 4.98 Å². The Hall–Kier alpha value is -2.37. The van der Waals surface area contributed by atoms with Crippen molar-refractivity contribution >= 4 is 11.7 Å². The van der Waals surface area contributed by atoms with Gasteiger partial charge in [0.1, 0.15) is 5.82 Å². The van der Waals surface area contributed by atoms with Crippen molar-refractivity contribution in [3.8, 4) is 0 Å². The number of rotatable bonds is 3. The monoisotopic (exact) mass is 231 g/mol. The van der Waals surface area contributed by atoms with Gasteiger partial charge in [-0.05, 0) is 18.2 Å². The van der Waals surface area contributed by atoms with Crippen molar-refractivity contribution in [1.29, 1.82) is 0 Å². The topological polar surface area (TPSA) is 85.8 Å². The summed E-state index contributed by atoms with van der Waals surface area (Å²) in [6, 6.07) is 5.08. The number of aryl methyl sites for hydroxylation is 1. The average molecular weight is 231 g/mol. The van der Waals surface area contributed by atoms with Gasteiger partial charge in [-0.15, -0.1) is 0 Å². The third-order valence-corrected chi connectivity index (χ3v) is 2.40. The molecule has 0 aliphatic rings. The molecule has 6 heteroatoms. The highest BCUT2D eigenvalue weighted by atomic mass is 16.1. The van der Waals surface area contributed by atoms with E-state index in [9.17, 15) is 4.79 Å². The van der Waals surface area contributed by atoms with Gasteiger partial charge in [0.15, 0.2) is 0 Å². The van der Waals surface area contributed by atoms with Crippen molar-refractivity contribution in [1.82, 2.24) is 20.1 Å². The van der Waals surface area contributed by atoms with Gasteiger partial charge in [-0.3, -0.25) is 9.48 Å². The molecular formula is C11H13N5O. The van der Waals surface area contributed by atoms with Crippen molar-refractivity contribution in [2.45, 2.75) is 6.54 Å². The summed E-state index contributed by atoms with van der Waals surface area (Å²) < 4.78 is 1.71. The first-order valence-electron chi connectivity index (χ1n) is 5.13. The Labute approximate surface area is 98.5 Å². The fraction of sp³-hybridized carbons (Fsp3) is 0.182. The predicted molar refractivity (Wildman–Crippen MR) is 63.0 cm³/mol. The number of pyridine rings is 1. The standard InChI is InChI=1S/C11H13N5O/c1-16-9(4-5-15-16)7-14-11(17)8-2-3-10(12)13-6-8/h2-6H,7H2,1H3,(H2,12,13)(H,14,17). The molecule has 0 aliphatic heterocycles. The van der Waals surface area contributed by atoms with Gasteiger partial charge in [0.05, 0.1) is 17.8 Å². The number of nitrogens with one attached hydrogen (secondary N) is 1. The Morgan fingerprint density at radius 2 is 2.29 bits per heavy atom. The summed E-state index contributed by atoms with van der Waals surface area (Å²) >= 11 is 0. The summed E-state index contributed by atoms with van der Waals surface area (Å²) in [5.41, 5.74) is 6.86. The number of hydrogen-bond acceptors (Lipinski definition) is 4. The molecule has 3 N–H and O–H groups in total. The average Bonchev–Trinajstić information content (AvgIpc) is 2.73. The maximum absolute atomic E-state index is 11.7. The van der Waals surface area contributed by atoms with Gasteiger partial charge in [-0.1, -0.05) is 0 Å². The summed E-state index contributed by atoms with van der Waals surface area (Å²) in [6.07, 6.45) is 3.14. The molecule has 2 rings (SSSR count). The molecule has 0 aliphatic carbocycles. The van der Waals surface area contributed by atoms with Crippen LogP contribution in [0.3, 0.4) is 0 Å². The van der Waals surface area contributed by atoms with Crippen LogP contribution in [0, 0.1) is 0 Å². The molecule has 1 amide bonds. The van der Waals surface area contributed by atoms with Crippen LogP contribution in [-0.2, 0) is 13.6 Å². The first kappa shape index (κ1) is 11.1. The fourth-order valence-corrected chi connectivity index (χ4v) is 1.39. The van der Waals surface area contributed by atoms with Crippen LogP contribution < -0.4 is 11.1 Å². The molecule has 0 spiro atoms. The molecule has 0 unspecified atom stereocenters. The Kier molecular flexibility index (Phi) is 3.04. The van der Waals surface area contributed by atoms with Crippen molar-refractivity contribution in [2.24, 2.45) is 7.05 Å². The molecule has 0 saturated carbocycles. The van der Waals surface area contributed by atoms with E-state index in [1.165, 1.54) is 6.20 Å². The minimum absolute atomic E-state index is 0.182. The molecule has 0 saturated heterocycles. The summed E-state index contributed by atoms with van der Waals surface area (Å²) in [5, 5.41) is 6.80. The number of aromatic nitrogens is 3. The second-order valence-electron chi connectivity index (χ2n) is 3.60. The smallest absolute Gasteiger partial charge is 0.253 e. The molecule has 0 radical (unpaired) electrons. The number of carbonyl (C=O) groups is 1. The van der Waals surface area contributed by atoms with Crippen LogP contribution in [0.25, 0.3) is 0 Å². The van der Waals surface area contributed by atoms with E-state index in [0.717, 1.165) is 5.69 Å². The fourth-order valence-electron chi connectivity index (χ4n) is 1.39. The van der Waals surface area contributed by atoms with E-state index < -0.39 is 0 Å². The molecular weight excluding hydrogens is 218 g/mol. The van der Waals surface area contributed by atoms with Crippen molar-refractivity contribution in [3.05, 3.63) is 41.9 Å². The molecule has 2 aromatic heterocycles. The lowest BCUT2D eigenvalue weighted by Crippen LogP contribution is -2.24. The lowest BCUT2D eigenvalue weighted by molar-refractivity contribution is 0.0949. The maximum Gasteiger partial charge on any atom is 0.253 e. The van der Waals surface area contributed by atoms with Gasteiger partial charge in [0.25, 0.3) is 5.91 Å². The number of amides is 1. The Balaban J connectivity index is 1.98. The minimum Gasteiger partial charge on any atom is -0.384 e. The van der Waals surface area contributed by atoms with E-state index in [1.54, 1.807) is 23.0 Å². The third-order valence-electron chi connectivity index (χ3n) is 2.40. The second kappa shape index (κ2) is 4.65. The molecule has 2 aromatic rings. The third kappa shape index (κ3) is 2.60. The zero-order valence-corrected chi connectivity index (χ0v) is 9.42. The number of carbonyl (C=O) groups excluding carboxylic acids is 1. The van der Waals surface area contributed by atoms with E-state index in [-0.39, 0.29) is 5.91 Å². The van der Waals surface area contributed by atoms with Crippen LogP contribution in [0.2, 0.25) is 0 Å². The van der Waals surface area contributed by atoms with Crippen LogP contribution in [0.1, 0.15) is 16.1 Å². The lowest BCUT2D eigenvalue weighted by atomic mass is 10.2. The highest BCUT2D eigenvalue weighted by molar-refractivity contribution is 5.93.